The van der Waals surface area contributed by atoms with Gasteiger partial charge in [0.05, 0.1) is 22.3 Å². The van der Waals surface area contributed by atoms with Crippen molar-refractivity contribution in [3.05, 3.63) is 34.9 Å². The Bertz CT molecular complexity index is 988. The molecule has 1 aliphatic heterocycles. The highest BCUT2D eigenvalue weighted by Crippen LogP contribution is 2.31. The Labute approximate surface area is 151 Å². The molecule has 1 N–H and O–H groups in total. The van der Waals surface area contributed by atoms with Crippen molar-refractivity contribution in [1.82, 2.24) is 20.4 Å². The van der Waals surface area contributed by atoms with E-state index in [1.165, 1.54) is 0 Å². The number of carbonyl (C=O) groups excluding carboxylic acids is 1. The highest BCUT2D eigenvalue weighted by molar-refractivity contribution is 6.07. The van der Waals surface area contributed by atoms with Gasteiger partial charge in [0.25, 0.3) is 11.6 Å². The van der Waals surface area contributed by atoms with Crippen LogP contribution in [0.2, 0.25) is 0 Å². The zero-order valence-corrected chi connectivity index (χ0v) is 15.4. The second-order valence-electron chi connectivity index (χ2n) is 6.94. The van der Waals surface area contributed by atoms with Crippen LogP contribution < -0.4 is 5.32 Å². The maximum Gasteiger partial charge on any atom is 0.259 e. The highest BCUT2D eigenvalue weighted by atomic mass is 16.5. The van der Waals surface area contributed by atoms with Crippen LogP contribution in [-0.2, 0) is 0 Å². The van der Waals surface area contributed by atoms with Crippen LogP contribution in [0.15, 0.2) is 21.1 Å². The van der Waals surface area contributed by atoms with Crippen molar-refractivity contribution in [3.63, 3.8) is 0 Å². The summed E-state index contributed by atoms with van der Waals surface area (Å²) >= 11 is 0. The minimum Gasteiger partial charge on any atom is -0.466 e. The van der Waals surface area contributed by atoms with Crippen molar-refractivity contribution in [3.8, 4) is 11.3 Å². The summed E-state index contributed by atoms with van der Waals surface area (Å²) in [5.41, 5.74) is 3.15. The Morgan fingerprint density at radius 1 is 1.31 bits per heavy atom. The van der Waals surface area contributed by atoms with Crippen LogP contribution in [0.3, 0.4) is 0 Å². The van der Waals surface area contributed by atoms with E-state index in [9.17, 15) is 4.79 Å². The standard InChI is InChI=1S/C19H22N4O3/c1-10-9-23(6-5-20-10)19(24)15-8-16(14-7-11(2)25-13(14)4)21-18-17(15)12(3)22-26-18/h7-8,10,20H,5-6,9H2,1-4H3. The molecule has 3 aromatic heterocycles. The molecular formula is C19H22N4O3. The fourth-order valence-corrected chi connectivity index (χ4v) is 3.57. The van der Waals surface area contributed by atoms with Gasteiger partial charge >= 0.3 is 0 Å². The number of carbonyl (C=O) groups is 1. The van der Waals surface area contributed by atoms with E-state index in [2.05, 4.69) is 22.4 Å². The fraction of sp³-hybridized carbons (Fsp3) is 0.421. The summed E-state index contributed by atoms with van der Waals surface area (Å²) in [4.78, 5) is 19.7. The predicted molar refractivity (Wildman–Crippen MR) is 97.1 cm³/mol. The van der Waals surface area contributed by atoms with Crippen LogP contribution in [0.4, 0.5) is 0 Å². The normalized spacial score (nSPS) is 17.8. The number of furan rings is 1. The summed E-state index contributed by atoms with van der Waals surface area (Å²) in [6.07, 6.45) is 0. The molecule has 7 heteroatoms. The molecule has 0 saturated carbocycles. The van der Waals surface area contributed by atoms with Crippen molar-refractivity contribution in [1.29, 1.82) is 0 Å². The van der Waals surface area contributed by atoms with E-state index in [0.717, 1.165) is 23.6 Å². The van der Waals surface area contributed by atoms with E-state index in [4.69, 9.17) is 8.94 Å². The lowest BCUT2D eigenvalue weighted by Crippen LogP contribution is -2.51. The monoisotopic (exact) mass is 354 g/mol. The first-order chi connectivity index (χ1) is 12.4. The van der Waals surface area contributed by atoms with Gasteiger partial charge in [-0.3, -0.25) is 4.79 Å². The fourth-order valence-electron chi connectivity index (χ4n) is 3.57. The molecule has 4 rings (SSSR count). The van der Waals surface area contributed by atoms with E-state index in [1.54, 1.807) is 0 Å². The van der Waals surface area contributed by atoms with E-state index >= 15 is 0 Å². The lowest BCUT2D eigenvalue weighted by molar-refractivity contribution is 0.0711. The molecule has 0 aliphatic carbocycles. The molecule has 1 unspecified atom stereocenters. The maximum absolute atomic E-state index is 13.3. The number of rotatable bonds is 2. The Morgan fingerprint density at radius 3 is 2.81 bits per heavy atom. The second-order valence-corrected chi connectivity index (χ2v) is 6.94. The van der Waals surface area contributed by atoms with Crippen LogP contribution in [0, 0.1) is 20.8 Å². The van der Waals surface area contributed by atoms with Gasteiger partial charge in [-0.25, -0.2) is 4.98 Å². The minimum atomic E-state index is -0.0174. The third-order valence-corrected chi connectivity index (χ3v) is 4.82. The second kappa shape index (κ2) is 6.25. The molecule has 0 radical (unpaired) electrons. The molecule has 1 aliphatic rings. The summed E-state index contributed by atoms with van der Waals surface area (Å²) in [6.45, 7) is 9.83. The molecule has 136 valence electrons. The van der Waals surface area contributed by atoms with Crippen molar-refractivity contribution in [2.24, 2.45) is 0 Å². The number of piperazine rings is 1. The summed E-state index contributed by atoms with van der Waals surface area (Å²) in [5.74, 6) is 1.55. The van der Waals surface area contributed by atoms with Gasteiger partial charge in [-0.05, 0) is 39.8 Å². The third kappa shape index (κ3) is 2.78. The molecule has 0 aromatic carbocycles. The van der Waals surface area contributed by atoms with Crippen LogP contribution in [0.25, 0.3) is 22.4 Å². The number of nitrogens with zero attached hydrogens (tertiary/aromatic N) is 3. The third-order valence-electron chi connectivity index (χ3n) is 4.82. The summed E-state index contributed by atoms with van der Waals surface area (Å²) in [6, 6.07) is 4.03. The minimum absolute atomic E-state index is 0.0174. The van der Waals surface area contributed by atoms with Gasteiger partial charge < -0.3 is 19.2 Å². The molecule has 0 spiro atoms. The molecule has 0 bridgehead atoms. The van der Waals surface area contributed by atoms with Gasteiger partial charge in [0, 0.05) is 31.2 Å². The first-order valence-electron chi connectivity index (χ1n) is 8.81. The predicted octanol–water partition coefficient (Wildman–Crippen LogP) is 2.84. The lowest BCUT2D eigenvalue weighted by atomic mass is 10.0. The van der Waals surface area contributed by atoms with E-state index in [-0.39, 0.29) is 11.9 Å². The first-order valence-corrected chi connectivity index (χ1v) is 8.81. The number of amides is 1. The topological polar surface area (TPSA) is 84.4 Å². The Morgan fingerprint density at radius 2 is 2.12 bits per heavy atom. The summed E-state index contributed by atoms with van der Waals surface area (Å²) < 4.78 is 11.0. The van der Waals surface area contributed by atoms with Crippen LogP contribution >= 0.6 is 0 Å². The molecule has 1 atom stereocenters. The quantitative estimate of drug-likeness (QED) is 0.762. The molecule has 26 heavy (non-hydrogen) atoms. The highest BCUT2D eigenvalue weighted by Gasteiger charge is 2.26. The van der Waals surface area contributed by atoms with Crippen LogP contribution in [0.5, 0.6) is 0 Å². The number of aryl methyl sites for hydroxylation is 3. The number of fused-ring (bicyclic) bond motifs is 1. The van der Waals surface area contributed by atoms with Crippen molar-refractivity contribution >= 4 is 17.0 Å². The zero-order valence-electron chi connectivity index (χ0n) is 15.4. The van der Waals surface area contributed by atoms with Gasteiger partial charge in [0.1, 0.15) is 11.5 Å². The number of nitrogens with one attached hydrogen (secondary N) is 1. The average Bonchev–Trinajstić information content (AvgIpc) is 3.15. The van der Waals surface area contributed by atoms with Gasteiger partial charge in [0.15, 0.2) is 0 Å². The average molecular weight is 354 g/mol. The molecule has 7 nitrogen and oxygen atoms in total. The Hall–Kier alpha value is -2.67. The number of aromatic nitrogens is 2. The maximum atomic E-state index is 13.3. The van der Waals surface area contributed by atoms with Gasteiger partial charge in [0.2, 0.25) is 0 Å². The van der Waals surface area contributed by atoms with Crippen molar-refractivity contribution in [2.45, 2.75) is 33.7 Å². The van der Waals surface area contributed by atoms with E-state index in [0.29, 0.717) is 41.1 Å². The smallest absolute Gasteiger partial charge is 0.259 e. The lowest BCUT2D eigenvalue weighted by Gasteiger charge is -2.32. The first kappa shape index (κ1) is 16.8. The molecule has 1 fully saturated rings. The van der Waals surface area contributed by atoms with Gasteiger partial charge in [-0.1, -0.05) is 5.16 Å². The molecule has 3 aromatic rings. The Kier molecular flexibility index (Phi) is 4.03. The van der Waals surface area contributed by atoms with Gasteiger partial charge in [-0.15, -0.1) is 0 Å². The van der Waals surface area contributed by atoms with Crippen molar-refractivity contribution in [2.75, 3.05) is 19.6 Å². The molecule has 1 amide bonds. The zero-order chi connectivity index (χ0) is 18.4. The molecular weight excluding hydrogens is 332 g/mol. The van der Waals surface area contributed by atoms with Crippen LogP contribution in [0.1, 0.15) is 34.5 Å². The molecule has 1 saturated heterocycles. The largest absolute Gasteiger partial charge is 0.466 e. The van der Waals surface area contributed by atoms with Gasteiger partial charge in [-0.2, -0.15) is 0 Å². The SMILES string of the molecule is Cc1cc(-c2cc(C(=O)N3CCNC(C)C3)c3c(C)noc3n2)c(C)o1. The summed E-state index contributed by atoms with van der Waals surface area (Å²) in [7, 11) is 0. The van der Waals surface area contributed by atoms with Crippen molar-refractivity contribution < 1.29 is 13.7 Å². The number of hydrogen-bond acceptors (Lipinski definition) is 6. The Balaban J connectivity index is 1.85. The number of hydrogen-bond donors (Lipinski definition) is 1. The van der Waals surface area contributed by atoms with E-state index in [1.807, 2.05) is 37.8 Å². The summed E-state index contributed by atoms with van der Waals surface area (Å²) in [5, 5.41) is 8.06. The molecule has 4 heterocycles. The number of pyridine rings is 1. The van der Waals surface area contributed by atoms with Crippen LogP contribution in [-0.4, -0.2) is 46.6 Å². The van der Waals surface area contributed by atoms with E-state index < -0.39 is 0 Å².